The van der Waals surface area contributed by atoms with E-state index in [1.54, 1.807) is 26.0 Å². The van der Waals surface area contributed by atoms with Crippen LogP contribution in [-0.4, -0.2) is 27.4 Å². The number of halogens is 1. The van der Waals surface area contributed by atoms with Crippen LogP contribution < -0.4 is 5.32 Å². The molecule has 0 spiro atoms. The van der Waals surface area contributed by atoms with Crippen LogP contribution in [0.5, 0.6) is 0 Å². The Kier molecular flexibility index (Phi) is 5.53. The largest absolute Gasteiger partial charge is 0.388 e. The van der Waals surface area contributed by atoms with Gasteiger partial charge in [0.2, 0.25) is 5.91 Å². The molecule has 0 bridgehead atoms. The quantitative estimate of drug-likeness (QED) is 0.818. The van der Waals surface area contributed by atoms with E-state index in [1.165, 1.54) is 11.8 Å². The number of aliphatic hydroxyl groups is 1. The second-order valence-corrected chi connectivity index (χ2v) is 7.74. The third-order valence-electron chi connectivity index (χ3n) is 3.46. The Morgan fingerprint density at radius 1 is 1.25 bits per heavy atom. The van der Waals surface area contributed by atoms with Gasteiger partial charge in [-0.1, -0.05) is 11.6 Å². The molecule has 112 valence electrons. The lowest BCUT2D eigenvalue weighted by atomic mass is 9.86. The first kappa shape index (κ1) is 17.3. The fraction of sp³-hybridized carbons (Fsp3) is 0.533. The Morgan fingerprint density at radius 3 is 2.20 bits per heavy atom. The number of amides is 1. The van der Waals surface area contributed by atoms with Gasteiger partial charge in [-0.15, -0.1) is 11.8 Å². The van der Waals surface area contributed by atoms with E-state index in [9.17, 15) is 9.90 Å². The summed E-state index contributed by atoms with van der Waals surface area (Å²) in [7, 11) is 0. The van der Waals surface area contributed by atoms with Gasteiger partial charge in [-0.3, -0.25) is 4.79 Å². The van der Waals surface area contributed by atoms with E-state index in [0.717, 1.165) is 4.90 Å². The lowest BCUT2D eigenvalue weighted by Gasteiger charge is -2.38. The third kappa shape index (κ3) is 4.69. The highest BCUT2D eigenvalue weighted by molar-refractivity contribution is 8.00. The Labute approximate surface area is 130 Å². The zero-order valence-corrected chi connectivity index (χ0v) is 14.1. The minimum absolute atomic E-state index is 0.0999. The molecule has 0 aliphatic rings. The van der Waals surface area contributed by atoms with Gasteiger partial charge >= 0.3 is 0 Å². The Balaban J connectivity index is 2.66. The minimum atomic E-state index is -0.993. The molecule has 0 radical (unpaired) electrons. The number of hydrogen-bond donors (Lipinski definition) is 2. The molecule has 3 nitrogen and oxygen atoms in total. The molecule has 0 aliphatic heterocycles. The highest BCUT2D eigenvalue weighted by atomic mass is 35.5. The summed E-state index contributed by atoms with van der Waals surface area (Å²) < 4.78 is 0. The molecular weight excluding hydrogens is 294 g/mol. The van der Waals surface area contributed by atoms with Crippen molar-refractivity contribution in [1.29, 1.82) is 0 Å². The van der Waals surface area contributed by atoms with Crippen LogP contribution in [-0.2, 0) is 4.79 Å². The first-order valence-electron chi connectivity index (χ1n) is 6.49. The van der Waals surface area contributed by atoms with Crippen LogP contribution >= 0.6 is 23.4 Å². The number of hydrogen-bond acceptors (Lipinski definition) is 3. The summed E-state index contributed by atoms with van der Waals surface area (Å²) in [6, 6.07) is 7.38. The SMILES string of the molecule is CC(Sc1ccc(Cl)cc1)C(=O)NC(C)(C)C(C)(C)O. The van der Waals surface area contributed by atoms with Crippen LogP contribution in [0.3, 0.4) is 0 Å². The van der Waals surface area contributed by atoms with Gasteiger partial charge in [0.1, 0.15) is 0 Å². The first-order valence-corrected chi connectivity index (χ1v) is 7.75. The molecule has 1 rings (SSSR count). The number of thioether (sulfide) groups is 1. The van der Waals surface area contributed by atoms with Crippen LogP contribution in [0.1, 0.15) is 34.6 Å². The number of benzene rings is 1. The molecule has 0 aromatic heterocycles. The number of rotatable bonds is 5. The Morgan fingerprint density at radius 2 is 1.75 bits per heavy atom. The van der Waals surface area contributed by atoms with Crippen LogP contribution in [0.2, 0.25) is 5.02 Å². The van der Waals surface area contributed by atoms with Gasteiger partial charge < -0.3 is 10.4 Å². The van der Waals surface area contributed by atoms with Crippen molar-refractivity contribution in [2.24, 2.45) is 0 Å². The van der Waals surface area contributed by atoms with E-state index in [-0.39, 0.29) is 11.2 Å². The molecule has 0 aliphatic carbocycles. The van der Waals surface area contributed by atoms with Crippen molar-refractivity contribution in [3.05, 3.63) is 29.3 Å². The molecule has 1 atom stereocenters. The predicted octanol–water partition coefficient (Wildman–Crippen LogP) is 3.49. The van der Waals surface area contributed by atoms with Crippen molar-refractivity contribution in [3.63, 3.8) is 0 Å². The average Bonchev–Trinajstić information content (AvgIpc) is 2.30. The predicted molar refractivity (Wildman–Crippen MR) is 85.3 cm³/mol. The third-order valence-corrected chi connectivity index (χ3v) is 4.82. The first-order chi connectivity index (χ1) is 9.03. The molecule has 1 amide bonds. The fourth-order valence-electron chi connectivity index (χ4n) is 1.33. The fourth-order valence-corrected chi connectivity index (χ4v) is 2.33. The lowest BCUT2D eigenvalue weighted by Crippen LogP contribution is -2.59. The lowest BCUT2D eigenvalue weighted by molar-refractivity contribution is -0.125. The van der Waals surface area contributed by atoms with Gasteiger partial charge in [-0.05, 0) is 58.9 Å². The number of carbonyl (C=O) groups excluding carboxylic acids is 1. The van der Waals surface area contributed by atoms with Crippen molar-refractivity contribution < 1.29 is 9.90 Å². The average molecular weight is 316 g/mol. The van der Waals surface area contributed by atoms with Crippen molar-refractivity contribution >= 4 is 29.3 Å². The molecule has 0 heterocycles. The molecule has 2 N–H and O–H groups in total. The van der Waals surface area contributed by atoms with Crippen LogP contribution in [0.15, 0.2) is 29.2 Å². The summed E-state index contributed by atoms with van der Waals surface area (Å²) in [5.41, 5.74) is -1.69. The van der Waals surface area contributed by atoms with Crippen LogP contribution in [0.4, 0.5) is 0 Å². The van der Waals surface area contributed by atoms with Gasteiger partial charge in [0.15, 0.2) is 0 Å². The van der Waals surface area contributed by atoms with Crippen molar-refractivity contribution in [2.75, 3.05) is 0 Å². The highest BCUT2D eigenvalue weighted by Crippen LogP contribution is 2.26. The van der Waals surface area contributed by atoms with Gasteiger partial charge in [-0.25, -0.2) is 0 Å². The Hall–Kier alpha value is -0.710. The summed E-state index contributed by atoms with van der Waals surface area (Å²) in [6.45, 7) is 8.83. The topological polar surface area (TPSA) is 49.3 Å². The van der Waals surface area contributed by atoms with E-state index in [2.05, 4.69) is 5.32 Å². The van der Waals surface area contributed by atoms with E-state index >= 15 is 0 Å². The maximum Gasteiger partial charge on any atom is 0.233 e. The summed E-state index contributed by atoms with van der Waals surface area (Å²) in [5.74, 6) is -0.0999. The minimum Gasteiger partial charge on any atom is -0.388 e. The molecule has 0 fully saturated rings. The van der Waals surface area contributed by atoms with Gasteiger partial charge in [0, 0.05) is 9.92 Å². The maximum absolute atomic E-state index is 12.2. The van der Waals surface area contributed by atoms with Gasteiger partial charge in [0.25, 0.3) is 0 Å². The van der Waals surface area contributed by atoms with Crippen molar-refractivity contribution in [1.82, 2.24) is 5.32 Å². The Bertz CT molecular complexity index is 466. The standard InChI is InChI=1S/C15H22ClNO2S/c1-10(20-12-8-6-11(16)7-9-12)13(18)17-14(2,3)15(4,5)19/h6-10,19H,1-5H3,(H,17,18). The molecule has 1 unspecified atom stereocenters. The van der Waals surface area contributed by atoms with Crippen LogP contribution in [0.25, 0.3) is 0 Å². The zero-order chi connectivity index (χ0) is 15.6. The molecule has 0 saturated carbocycles. The smallest absolute Gasteiger partial charge is 0.233 e. The molecule has 20 heavy (non-hydrogen) atoms. The van der Waals surface area contributed by atoms with Crippen molar-refractivity contribution in [3.8, 4) is 0 Å². The second-order valence-electron chi connectivity index (χ2n) is 5.89. The maximum atomic E-state index is 12.2. The molecule has 0 saturated heterocycles. The van der Waals surface area contributed by atoms with Gasteiger partial charge in [0.05, 0.1) is 16.4 Å². The molecule has 1 aromatic carbocycles. The number of carbonyl (C=O) groups is 1. The van der Waals surface area contributed by atoms with Crippen molar-refractivity contribution in [2.45, 2.75) is 55.9 Å². The normalized spacial score (nSPS) is 13.9. The van der Waals surface area contributed by atoms with E-state index in [0.29, 0.717) is 5.02 Å². The number of nitrogens with one attached hydrogen (secondary N) is 1. The van der Waals surface area contributed by atoms with E-state index in [4.69, 9.17) is 11.6 Å². The summed E-state index contributed by atoms with van der Waals surface area (Å²) in [6.07, 6.45) is 0. The monoisotopic (exact) mass is 315 g/mol. The van der Waals surface area contributed by atoms with Gasteiger partial charge in [-0.2, -0.15) is 0 Å². The van der Waals surface area contributed by atoms with E-state index in [1.807, 2.05) is 32.9 Å². The summed E-state index contributed by atoms with van der Waals surface area (Å²) >= 11 is 7.29. The van der Waals surface area contributed by atoms with E-state index < -0.39 is 11.1 Å². The van der Waals surface area contributed by atoms with Crippen LogP contribution in [0, 0.1) is 0 Å². The molecular formula is C15H22ClNO2S. The second kappa shape index (κ2) is 6.37. The summed E-state index contributed by atoms with van der Waals surface area (Å²) in [4.78, 5) is 13.2. The molecule has 5 heteroatoms. The highest BCUT2D eigenvalue weighted by Gasteiger charge is 2.37. The zero-order valence-electron chi connectivity index (χ0n) is 12.5. The summed E-state index contributed by atoms with van der Waals surface area (Å²) in [5, 5.41) is 13.4. The molecule has 1 aromatic rings.